The van der Waals surface area contributed by atoms with Crippen molar-refractivity contribution in [3.05, 3.63) is 30.6 Å². The molecule has 0 radical (unpaired) electrons. The van der Waals surface area contributed by atoms with E-state index in [1.165, 1.54) is 11.8 Å². The summed E-state index contributed by atoms with van der Waals surface area (Å²) in [5, 5.41) is 0.625. The summed E-state index contributed by atoms with van der Waals surface area (Å²) in [6.45, 7) is 7.44. The topological polar surface area (TPSA) is 142 Å². The van der Waals surface area contributed by atoms with Crippen LogP contribution in [0, 0.1) is 0 Å². The van der Waals surface area contributed by atoms with E-state index >= 15 is 0 Å². The van der Waals surface area contributed by atoms with Crippen molar-refractivity contribution in [1.29, 1.82) is 0 Å². The molecule has 2 heterocycles. The van der Waals surface area contributed by atoms with E-state index in [1.54, 1.807) is 45.7 Å². The van der Waals surface area contributed by atoms with Crippen molar-refractivity contribution < 1.29 is 33.2 Å². The number of benzene rings is 1. The van der Waals surface area contributed by atoms with Crippen LogP contribution in [0.3, 0.4) is 0 Å². The van der Waals surface area contributed by atoms with Crippen molar-refractivity contribution in [2.24, 2.45) is 0 Å². The predicted octanol–water partition coefficient (Wildman–Crippen LogP) is 4.45. The largest absolute Gasteiger partial charge is 0.497 e. The molecule has 0 unspecified atom stereocenters. The number of anilines is 1. The molecule has 3 aromatic rings. The quantitative estimate of drug-likeness (QED) is 0.104. The first-order valence-electron chi connectivity index (χ1n) is 10.9. The Morgan fingerprint density at radius 3 is 2.31 bits per heavy atom. The number of rotatable bonds is 14. The lowest BCUT2D eigenvalue weighted by Crippen LogP contribution is -2.13. The monoisotopic (exact) mass is 527 g/mol. The summed E-state index contributed by atoms with van der Waals surface area (Å²) in [4.78, 5) is 24.0. The first kappa shape index (κ1) is 27.3. The van der Waals surface area contributed by atoms with E-state index in [-0.39, 0.29) is 31.1 Å². The maximum absolute atomic E-state index is 12.8. The molecule has 12 nitrogen and oxygen atoms in total. The van der Waals surface area contributed by atoms with E-state index in [2.05, 4.69) is 15.0 Å². The van der Waals surface area contributed by atoms with Crippen LogP contribution in [0.25, 0.3) is 11.2 Å². The number of aromatic nitrogens is 4. The van der Waals surface area contributed by atoms with Gasteiger partial charge in [0.25, 0.3) is 0 Å². The summed E-state index contributed by atoms with van der Waals surface area (Å²) in [7, 11) is -2.18. The zero-order valence-corrected chi connectivity index (χ0v) is 22.0. The van der Waals surface area contributed by atoms with Crippen LogP contribution in [0.2, 0.25) is 0 Å². The summed E-state index contributed by atoms with van der Waals surface area (Å²) >= 11 is 1.42. The van der Waals surface area contributed by atoms with Gasteiger partial charge in [0.05, 0.1) is 32.3 Å². The molecule has 14 heteroatoms. The van der Waals surface area contributed by atoms with E-state index in [4.69, 9.17) is 34.3 Å². The number of nitrogens with zero attached hydrogens (tertiary/aromatic N) is 4. The van der Waals surface area contributed by atoms with Crippen molar-refractivity contribution in [2.45, 2.75) is 56.4 Å². The normalized spacial score (nSPS) is 12.2. The Kier molecular flexibility index (Phi) is 9.87. The van der Waals surface area contributed by atoms with Gasteiger partial charge in [0.1, 0.15) is 16.3 Å². The Balaban J connectivity index is 1.65. The lowest BCUT2D eigenvalue weighted by atomic mass is 10.3. The number of hydrogen-bond donors (Lipinski definition) is 1. The first-order valence-corrected chi connectivity index (χ1v) is 13.4. The van der Waals surface area contributed by atoms with Gasteiger partial charge in [-0.2, -0.15) is 4.98 Å². The molecule has 0 spiro atoms. The molecule has 2 N–H and O–H groups in total. The molecule has 0 bridgehead atoms. The van der Waals surface area contributed by atoms with Gasteiger partial charge < -0.3 is 19.8 Å². The van der Waals surface area contributed by atoms with Gasteiger partial charge in [-0.1, -0.05) is 11.8 Å². The maximum atomic E-state index is 12.8. The highest BCUT2D eigenvalue weighted by atomic mass is 32.2. The molecule has 192 valence electrons. The number of imidazole rings is 1. The van der Waals surface area contributed by atoms with Gasteiger partial charge in [0.2, 0.25) is 5.95 Å². The molecule has 0 atom stereocenters. The summed E-state index contributed by atoms with van der Waals surface area (Å²) in [5.41, 5.74) is 7.11. The Morgan fingerprint density at radius 2 is 1.71 bits per heavy atom. The Labute approximate surface area is 207 Å². The fourth-order valence-corrected chi connectivity index (χ4v) is 4.57. The smallest absolute Gasteiger partial charge is 0.409 e. The minimum atomic E-state index is -3.79. The number of hydrogen-bond acceptors (Lipinski definition) is 12. The van der Waals surface area contributed by atoms with Gasteiger partial charge in [-0.3, -0.25) is 4.57 Å². The Bertz CT molecular complexity index is 1130. The number of ether oxygens (including phenoxy) is 2. The molecule has 3 rings (SSSR count). The van der Waals surface area contributed by atoms with Gasteiger partial charge in [-0.25, -0.2) is 19.7 Å². The van der Waals surface area contributed by atoms with Crippen LogP contribution in [-0.4, -0.2) is 51.8 Å². The molecule has 0 fully saturated rings. The van der Waals surface area contributed by atoms with Crippen LogP contribution in [0.15, 0.2) is 40.5 Å². The second kappa shape index (κ2) is 12.6. The summed E-state index contributed by atoms with van der Waals surface area (Å²) in [6.07, 6.45) is 0.613. The van der Waals surface area contributed by atoms with Crippen molar-refractivity contribution in [3.8, 4) is 5.75 Å². The van der Waals surface area contributed by atoms with Crippen molar-refractivity contribution in [1.82, 2.24) is 19.5 Å². The zero-order valence-electron chi connectivity index (χ0n) is 20.2. The van der Waals surface area contributed by atoms with Crippen LogP contribution in [-0.2, 0) is 35.0 Å². The molecule has 0 amide bonds. The number of methoxy groups -OCH3 is 1. The molecule has 0 aliphatic heterocycles. The molecule has 0 saturated heterocycles. The second-order valence-electron chi connectivity index (χ2n) is 7.86. The van der Waals surface area contributed by atoms with Crippen LogP contribution in [0.5, 0.6) is 5.75 Å². The molecule has 0 aliphatic rings. The third-order valence-corrected chi connectivity index (χ3v) is 6.26. The third kappa shape index (κ3) is 8.14. The molecule has 0 saturated carbocycles. The number of nitrogen functional groups attached to an aromatic ring is 1. The van der Waals surface area contributed by atoms with Gasteiger partial charge >= 0.3 is 7.60 Å². The minimum Gasteiger partial charge on any atom is -0.497 e. The van der Waals surface area contributed by atoms with Gasteiger partial charge in [-0.15, -0.1) is 9.35 Å². The summed E-state index contributed by atoms with van der Waals surface area (Å²) in [5.74, 6) is 0.886. The van der Waals surface area contributed by atoms with E-state index in [1.807, 2.05) is 24.3 Å². The fraction of sp³-hybridized carbons (Fsp3) is 0.476. The number of fused-ring (bicyclic) bond motifs is 1. The SMILES string of the molecule is COc1ccc(Sc2nc(N)nc3c2ncn3CCOCP(=O)(OOC(C)C)OOC(C)C)cc1. The summed E-state index contributed by atoms with van der Waals surface area (Å²) < 4.78 is 35.3. The Morgan fingerprint density at radius 1 is 1.06 bits per heavy atom. The first-order chi connectivity index (χ1) is 16.7. The highest BCUT2D eigenvalue weighted by molar-refractivity contribution is 7.99. The van der Waals surface area contributed by atoms with E-state index in [9.17, 15) is 4.57 Å². The molecular weight excluding hydrogens is 497 g/mol. The van der Waals surface area contributed by atoms with Crippen molar-refractivity contribution >= 4 is 36.5 Å². The van der Waals surface area contributed by atoms with Gasteiger partial charge in [0, 0.05) is 11.4 Å². The number of nitrogens with two attached hydrogens (primary N) is 1. The fourth-order valence-electron chi connectivity index (χ4n) is 2.62. The highest BCUT2D eigenvalue weighted by Crippen LogP contribution is 2.49. The van der Waals surface area contributed by atoms with Crippen LogP contribution in [0.1, 0.15) is 27.7 Å². The lowest BCUT2D eigenvalue weighted by Gasteiger charge is -2.18. The van der Waals surface area contributed by atoms with E-state index in [0.717, 1.165) is 10.6 Å². The summed E-state index contributed by atoms with van der Waals surface area (Å²) in [6, 6.07) is 7.58. The van der Waals surface area contributed by atoms with Gasteiger partial charge in [0.15, 0.2) is 12.0 Å². The molecular formula is C21H30N5O7PS. The van der Waals surface area contributed by atoms with Crippen molar-refractivity contribution in [3.63, 3.8) is 0 Å². The predicted molar refractivity (Wildman–Crippen MR) is 130 cm³/mol. The van der Waals surface area contributed by atoms with Gasteiger partial charge in [-0.05, 0) is 52.0 Å². The van der Waals surface area contributed by atoms with Crippen LogP contribution in [0.4, 0.5) is 5.95 Å². The molecule has 35 heavy (non-hydrogen) atoms. The van der Waals surface area contributed by atoms with Crippen LogP contribution >= 0.6 is 19.4 Å². The minimum absolute atomic E-state index is 0.124. The lowest BCUT2D eigenvalue weighted by molar-refractivity contribution is -0.293. The third-order valence-electron chi connectivity index (χ3n) is 4.15. The Hall–Kier alpha value is -2.25. The van der Waals surface area contributed by atoms with Crippen molar-refractivity contribution in [2.75, 3.05) is 25.8 Å². The molecule has 1 aromatic carbocycles. The standard InChI is InChI=1S/C21H30N5O7PS/c1-14(2)30-32-34(27,33-31-15(3)4)13-29-11-10-26-12-23-18-19(26)24-21(22)25-20(18)35-17-8-6-16(28-5)7-9-17/h6-9,12,14-15H,10-11,13H2,1-5H3,(H2,22,24,25). The average Bonchev–Trinajstić information content (AvgIpc) is 3.23. The maximum Gasteiger partial charge on any atom is 0.409 e. The van der Waals surface area contributed by atoms with Crippen LogP contribution < -0.4 is 10.5 Å². The highest BCUT2D eigenvalue weighted by Gasteiger charge is 2.30. The second-order valence-corrected chi connectivity index (χ2v) is 10.7. The zero-order chi connectivity index (χ0) is 25.4. The average molecular weight is 528 g/mol. The van der Waals surface area contributed by atoms with E-state index in [0.29, 0.717) is 22.7 Å². The molecule has 0 aliphatic carbocycles. The van der Waals surface area contributed by atoms with E-state index < -0.39 is 7.60 Å². The molecule has 2 aromatic heterocycles.